The average molecular weight is 187 g/mol. The Morgan fingerprint density at radius 3 is 2.50 bits per heavy atom. The van der Waals surface area contributed by atoms with Crippen LogP contribution in [0.2, 0.25) is 0 Å². The first-order valence-electron chi connectivity index (χ1n) is 4.14. The van der Waals surface area contributed by atoms with Gasteiger partial charge in [0.05, 0.1) is 6.20 Å². The zero-order valence-electron chi connectivity index (χ0n) is 7.42. The summed E-state index contributed by atoms with van der Waals surface area (Å²) in [5, 5.41) is 0. The molecule has 1 aromatic carbocycles. The van der Waals surface area contributed by atoms with Crippen LogP contribution in [-0.2, 0) is 0 Å². The van der Waals surface area contributed by atoms with Crippen LogP contribution in [0.4, 0.5) is 5.69 Å². The van der Waals surface area contributed by atoms with Gasteiger partial charge >= 0.3 is 0 Å². The lowest BCUT2D eigenvalue weighted by Crippen LogP contribution is -1.89. The summed E-state index contributed by atoms with van der Waals surface area (Å²) >= 11 is 0. The highest BCUT2D eigenvalue weighted by Crippen LogP contribution is 2.18. The van der Waals surface area contributed by atoms with Gasteiger partial charge in [0.15, 0.2) is 0 Å². The second kappa shape index (κ2) is 3.74. The first-order valence-corrected chi connectivity index (χ1v) is 4.14. The summed E-state index contributed by atoms with van der Waals surface area (Å²) in [7, 11) is 0. The van der Waals surface area contributed by atoms with E-state index in [-0.39, 0.29) is 0 Å². The minimum atomic E-state index is 0.470. The fourth-order valence-corrected chi connectivity index (χ4v) is 0.995. The van der Waals surface area contributed by atoms with Crippen LogP contribution in [0.5, 0.6) is 11.6 Å². The Hall–Kier alpha value is -2.10. The lowest BCUT2D eigenvalue weighted by Gasteiger charge is -2.03. The first-order chi connectivity index (χ1) is 6.84. The molecule has 0 aliphatic rings. The number of anilines is 1. The third-order valence-electron chi connectivity index (χ3n) is 1.64. The second-order valence-corrected chi connectivity index (χ2v) is 2.71. The summed E-state index contributed by atoms with van der Waals surface area (Å²) in [6.45, 7) is 0. The highest BCUT2D eigenvalue weighted by atomic mass is 16.5. The van der Waals surface area contributed by atoms with Gasteiger partial charge in [-0.2, -0.15) is 0 Å². The fraction of sp³-hybridized carbons (Fsp3) is 0. The molecule has 2 rings (SSSR count). The van der Waals surface area contributed by atoms with Gasteiger partial charge < -0.3 is 10.5 Å². The summed E-state index contributed by atoms with van der Waals surface area (Å²) in [5.41, 5.74) is 6.24. The van der Waals surface area contributed by atoms with Gasteiger partial charge in [-0.1, -0.05) is 0 Å². The van der Waals surface area contributed by atoms with E-state index in [4.69, 9.17) is 10.5 Å². The maximum Gasteiger partial charge on any atom is 0.237 e. The van der Waals surface area contributed by atoms with Crippen LogP contribution >= 0.6 is 0 Å². The van der Waals surface area contributed by atoms with Crippen molar-refractivity contribution in [3.8, 4) is 11.6 Å². The number of ether oxygens (including phenoxy) is 1. The van der Waals surface area contributed by atoms with Crippen molar-refractivity contribution in [1.29, 1.82) is 0 Å². The van der Waals surface area contributed by atoms with Gasteiger partial charge in [0, 0.05) is 18.1 Å². The molecule has 0 bridgehead atoms. The maximum atomic E-state index is 5.54. The molecule has 2 aromatic rings. The summed E-state index contributed by atoms with van der Waals surface area (Å²) in [4.78, 5) is 7.87. The van der Waals surface area contributed by atoms with Crippen molar-refractivity contribution in [2.75, 3.05) is 5.73 Å². The Balaban J connectivity index is 2.16. The van der Waals surface area contributed by atoms with Crippen molar-refractivity contribution >= 4 is 5.69 Å². The van der Waals surface area contributed by atoms with E-state index in [1.54, 1.807) is 42.9 Å². The highest BCUT2D eigenvalue weighted by molar-refractivity contribution is 5.42. The Bertz CT molecular complexity index is 399. The lowest BCUT2D eigenvalue weighted by molar-refractivity contribution is 0.460. The third kappa shape index (κ3) is 1.98. The molecule has 0 saturated carbocycles. The monoisotopic (exact) mass is 187 g/mol. The minimum absolute atomic E-state index is 0.470. The van der Waals surface area contributed by atoms with E-state index in [1.165, 1.54) is 0 Å². The highest BCUT2D eigenvalue weighted by Gasteiger charge is 1.96. The summed E-state index contributed by atoms with van der Waals surface area (Å²) in [5.74, 6) is 1.16. The van der Waals surface area contributed by atoms with Crippen LogP contribution in [0.15, 0.2) is 42.9 Å². The predicted molar refractivity (Wildman–Crippen MR) is 53.0 cm³/mol. The molecule has 2 N–H and O–H groups in total. The molecular weight excluding hydrogens is 178 g/mol. The molecule has 0 aliphatic carbocycles. The van der Waals surface area contributed by atoms with Gasteiger partial charge in [-0.3, -0.25) is 4.98 Å². The number of hydrogen-bond acceptors (Lipinski definition) is 4. The molecule has 14 heavy (non-hydrogen) atoms. The van der Waals surface area contributed by atoms with Crippen LogP contribution in [-0.4, -0.2) is 9.97 Å². The maximum absolute atomic E-state index is 5.54. The van der Waals surface area contributed by atoms with E-state index >= 15 is 0 Å². The Kier molecular flexibility index (Phi) is 2.27. The number of nitrogen functional groups attached to an aromatic ring is 1. The van der Waals surface area contributed by atoms with Crippen molar-refractivity contribution in [2.24, 2.45) is 0 Å². The molecule has 70 valence electrons. The Labute approximate surface area is 81.4 Å². The van der Waals surface area contributed by atoms with E-state index in [9.17, 15) is 0 Å². The van der Waals surface area contributed by atoms with Crippen LogP contribution < -0.4 is 10.5 Å². The number of nitrogens with two attached hydrogens (primary N) is 1. The van der Waals surface area contributed by atoms with Crippen LogP contribution in [0.3, 0.4) is 0 Å². The van der Waals surface area contributed by atoms with Gasteiger partial charge in [-0.05, 0) is 24.3 Å². The SMILES string of the molecule is Nc1ccc(Oc2cnccn2)cc1. The normalized spacial score (nSPS) is 9.71. The molecule has 0 radical (unpaired) electrons. The zero-order chi connectivity index (χ0) is 9.80. The second-order valence-electron chi connectivity index (χ2n) is 2.71. The van der Waals surface area contributed by atoms with E-state index in [2.05, 4.69) is 9.97 Å². The van der Waals surface area contributed by atoms with Crippen LogP contribution in [0.1, 0.15) is 0 Å². The largest absolute Gasteiger partial charge is 0.438 e. The molecule has 4 nitrogen and oxygen atoms in total. The molecule has 4 heteroatoms. The molecule has 1 aromatic heterocycles. The number of hydrogen-bond donors (Lipinski definition) is 1. The molecule has 0 spiro atoms. The van der Waals surface area contributed by atoms with Gasteiger partial charge in [0.25, 0.3) is 0 Å². The minimum Gasteiger partial charge on any atom is -0.438 e. The van der Waals surface area contributed by atoms with E-state index in [0.717, 1.165) is 0 Å². The van der Waals surface area contributed by atoms with E-state index in [0.29, 0.717) is 17.3 Å². The zero-order valence-corrected chi connectivity index (χ0v) is 7.42. The van der Waals surface area contributed by atoms with Crippen molar-refractivity contribution in [3.63, 3.8) is 0 Å². The molecule has 1 heterocycles. The van der Waals surface area contributed by atoms with Crippen molar-refractivity contribution < 1.29 is 4.74 Å². The third-order valence-corrected chi connectivity index (χ3v) is 1.64. The topological polar surface area (TPSA) is 61.0 Å². The average Bonchev–Trinajstić information content (AvgIpc) is 2.23. The van der Waals surface area contributed by atoms with Crippen molar-refractivity contribution in [2.45, 2.75) is 0 Å². The molecule has 0 unspecified atom stereocenters. The number of aromatic nitrogens is 2. The predicted octanol–water partition coefficient (Wildman–Crippen LogP) is 1.85. The smallest absolute Gasteiger partial charge is 0.237 e. The van der Waals surface area contributed by atoms with Gasteiger partial charge in [-0.25, -0.2) is 4.98 Å². The quantitative estimate of drug-likeness (QED) is 0.729. The standard InChI is InChI=1S/C10H9N3O/c11-8-1-3-9(4-2-8)14-10-7-12-5-6-13-10/h1-7H,11H2. The number of rotatable bonds is 2. The molecule has 0 atom stereocenters. The van der Waals surface area contributed by atoms with Crippen molar-refractivity contribution in [1.82, 2.24) is 9.97 Å². The van der Waals surface area contributed by atoms with E-state index < -0.39 is 0 Å². The lowest BCUT2D eigenvalue weighted by atomic mass is 10.3. The Morgan fingerprint density at radius 1 is 1.07 bits per heavy atom. The van der Waals surface area contributed by atoms with Crippen molar-refractivity contribution in [3.05, 3.63) is 42.9 Å². The van der Waals surface area contributed by atoms with Gasteiger partial charge in [-0.15, -0.1) is 0 Å². The molecular formula is C10H9N3O. The summed E-state index contributed by atoms with van der Waals surface area (Å²) < 4.78 is 5.40. The molecule has 0 saturated heterocycles. The van der Waals surface area contributed by atoms with E-state index in [1.807, 2.05) is 0 Å². The molecule has 0 aliphatic heterocycles. The fourth-order valence-electron chi connectivity index (χ4n) is 0.995. The number of nitrogens with zero attached hydrogens (tertiary/aromatic N) is 2. The van der Waals surface area contributed by atoms with Gasteiger partial charge in [0.1, 0.15) is 5.75 Å². The van der Waals surface area contributed by atoms with Crippen LogP contribution in [0, 0.1) is 0 Å². The van der Waals surface area contributed by atoms with Gasteiger partial charge in [0.2, 0.25) is 5.88 Å². The molecule has 0 fully saturated rings. The summed E-state index contributed by atoms with van der Waals surface area (Å²) in [6.07, 6.45) is 4.72. The van der Waals surface area contributed by atoms with Crippen LogP contribution in [0.25, 0.3) is 0 Å². The summed E-state index contributed by atoms with van der Waals surface area (Å²) in [6, 6.07) is 7.10. The molecule has 0 amide bonds. The first kappa shape index (κ1) is 8.50. The number of benzene rings is 1. The Morgan fingerprint density at radius 2 is 1.86 bits per heavy atom.